The maximum Gasteiger partial charge on any atom is 0.225 e. The molecule has 2 aromatic heterocycles. The number of hydrogen-bond acceptors (Lipinski definition) is 8. The molecule has 3 aromatic rings. The molecule has 1 saturated heterocycles. The van der Waals surface area contributed by atoms with Crippen LogP contribution in [0.4, 0.5) is 19.7 Å². The summed E-state index contributed by atoms with van der Waals surface area (Å²) in [7, 11) is 2.23. The maximum absolute atomic E-state index is 16.7. The number of hydrogen-bond donors (Lipinski definition) is 1. The minimum atomic E-state index is -0.514. The number of allylic oxidation sites excluding steroid dienone is 2. The number of anilines is 2. The fourth-order valence-electron chi connectivity index (χ4n) is 6.23. The molecule has 0 unspecified atom stereocenters. The van der Waals surface area contributed by atoms with Gasteiger partial charge in [0.1, 0.15) is 22.4 Å². The van der Waals surface area contributed by atoms with E-state index in [1.165, 1.54) is 51.3 Å². The van der Waals surface area contributed by atoms with Gasteiger partial charge < -0.3 is 20.3 Å². The molecule has 0 aliphatic carbocycles. The summed E-state index contributed by atoms with van der Waals surface area (Å²) < 4.78 is 37.5. The van der Waals surface area contributed by atoms with E-state index in [1.54, 1.807) is 13.1 Å². The van der Waals surface area contributed by atoms with Crippen LogP contribution < -0.4 is 10.6 Å². The molecule has 0 saturated carbocycles. The Labute approximate surface area is 283 Å². The summed E-state index contributed by atoms with van der Waals surface area (Å²) in [5.74, 6) is -0.516. The molecule has 47 heavy (non-hydrogen) atoms. The standard InChI is InChI=1S/C27H27F2N5OS.C10H23N/c1-4-14(3)20(22-15(10-30)26(31)36-25(22)19(28)5-2)21-18-13-35-12-17(18)16-11-32-27(33-24(16)23(21)29)34-8-6-7-9-34;1-4-6-8-10-11(3)9-7-5-2/h5,11H,4,6-9,12-13,31H2,1-3H3;4-10H2,1-3H3/b19-5+,20-14+;. The molecule has 7 nitrogen and oxygen atoms in total. The normalized spacial score (nSPS) is 15.1. The summed E-state index contributed by atoms with van der Waals surface area (Å²) >= 11 is 1.00. The Balaban J connectivity index is 0.000000391. The predicted molar refractivity (Wildman–Crippen MR) is 192 cm³/mol. The maximum atomic E-state index is 16.7. The molecular weight excluding hydrogens is 615 g/mol. The number of halogens is 2. The van der Waals surface area contributed by atoms with Crippen molar-refractivity contribution in [1.29, 1.82) is 5.26 Å². The van der Waals surface area contributed by atoms with Crippen LogP contribution in [0, 0.1) is 17.1 Å². The van der Waals surface area contributed by atoms with Crippen molar-refractivity contribution in [2.45, 2.75) is 99.2 Å². The second-order valence-corrected chi connectivity index (χ2v) is 13.5. The van der Waals surface area contributed by atoms with E-state index in [2.05, 4.69) is 46.7 Å². The van der Waals surface area contributed by atoms with E-state index in [9.17, 15) is 5.26 Å². The fourth-order valence-corrected chi connectivity index (χ4v) is 7.22. The van der Waals surface area contributed by atoms with Gasteiger partial charge in [-0.2, -0.15) is 5.26 Å². The molecule has 0 amide bonds. The minimum Gasteiger partial charge on any atom is -0.389 e. The lowest BCUT2D eigenvalue weighted by Crippen LogP contribution is -2.20. The molecule has 2 aliphatic rings. The third kappa shape index (κ3) is 8.02. The molecule has 5 rings (SSSR count). The van der Waals surface area contributed by atoms with E-state index in [0.717, 1.165) is 48.4 Å². The average molecular weight is 665 g/mol. The van der Waals surface area contributed by atoms with Gasteiger partial charge in [0.05, 0.1) is 23.7 Å². The van der Waals surface area contributed by atoms with Crippen molar-refractivity contribution in [3.8, 4) is 6.07 Å². The molecule has 1 fully saturated rings. The van der Waals surface area contributed by atoms with Crippen LogP contribution in [0.3, 0.4) is 0 Å². The fraction of sp³-hybridized carbons (Fsp3) is 0.541. The number of fused-ring (bicyclic) bond motifs is 3. The van der Waals surface area contributed by atoms with Crippen LogP contribution >= 0.6 is 11.3 Å². The van der Waals surface area contributed by atoms with Crippen LogP contribution in [-0.2, 0) is 18.0 Å². The van der Waals surface area contributed by atoms with Crippen LogP contribution in [0.5, 0.6) is 0 Å². The van der Waals surface area contributed by atoms with Gasteiger partial charge in [0.2, 0.25) is 5.95 Å². The molecule has 0 atom stereocenters. The highest BCUT2D eigenvalue weighted by Crippen LogP contribution is 2.47. The number of nitrogens with two attached hydrogens (primary N) is 1. The lowest BCUT2D eigenvalue weighted by atomic mass is 9.85. The first-order valence-corrected chi connectivity index (χ1v) is 17.9. The van der Waals surface area contributed by atoms with Crippen molar-refractivity contribution in [2.24, 2.45) is 0 Å². The van der Waals surface area contributed by atoms with E-state index >= 15 is 8.78 Å². The van der Waals surface area contributed by atoms with Crippen LogP contribution in [0.1, 0.15) is 119 Å². The molecule has 1 aromatic carbocycles. The summed E-state index contributed by atoms with van der Waals surface area (Å²) in [6.07, 6.45) is 12.4. The Morgan fingerprint density at radius 2 is 1.79 bits per heavy atom. The van der Waals surface area contributed by atoms with Crippen molar-refractivity contribution in [3.05, 3.63) is 56.4 Å². The van der Waals surface area contributed by atoms with Gasteiger partial charge >= 0.3 is 0 Å². The molecule has 4 heterocycles. The summed E-state index contributed by atoms with van der Waals surface area (Å²) in [6, 6.07) is 2.13. The second-order valence-electron chi connectivity index (χ2n) is 12.4. The van der Waals surface area contributed by atoms with Gasteiger partial charge in [0.25, 0.3) is 0 Å². The minimum absolute atomic E-state index is 0.155. The van der Waals surface area contributed by atoms with Crippen LogP contribution in [0.15, 0.2) is 17.8 Å². The zero-order valence-corrected chi connectivity index (χ0v) is 29.8. The molecule has 0 spiro atoms. The van der Waals surface area contributed by atoms with Crippen molar-refractivity contribution < 1.29 is 13.5 Å². The number of unbranched alkanes of at least 4 members (excludes halogenated alkanes) is 3. The summed E-state index contributed by atoms with van der Waals surface area (Å²) in [4.78, 5) is 13.9. The van der Waals surface area contributed by atoms with Gasteiger partial charge in [-0.1, -0.05) is 51.7 Å². The number of benzene rings is 1. The molecular formula is C37H50F2N6OS. The van der Waals surface area contributed by atoms with Gasteiger partial charge in [-0.05, 0) is 82.8 Å². The molecule has 2 N–H and O–H groups in total. The SMILES string of the molecule is C/C=C(/F)c1sc(N)c(C#N)c1/C(=C(\C)CC)c1c2c(c3cnc(N4CCCC4)nc3c1F)COC2.CCCCCN(C)CCCC. The lowest BCUT2D eigenvalue weighted by Gasteiger charge is -2.20. The monoisotopic (exact) mass is 664 g/mol. The van der Waals surface area contributed by atoms with Crippen LogP contribution in [0.25, 0.3) is 22.3 Å². The van der Waals surface area contributed by atoms with E-state index in [4.69, 9.17) is 10.5 Å². The van der Waals surface area contributed by atoms with E-state index in [0.29, 0.717) is 46.6 Å². The average Bonchev–Trinajstić information content (AvgIpc) is 3.86. The predicted octanol–water partition coefficient (Wildman–Crippen LogP) is 9.39. The zero-order valence-electron chi connectivity index (χ0n) is 28.9. The Morgan fingerprint density at radius 3 is 2.43 bits per heavy atom. The van der Waals surface area contributed by atoms with E-state index in [1.807, 2.05) is 13.8 Å². The molecule has 0 bridgehead atoms. The zero-order chi connectivity index (χ0) is 34.1. The molecule has 0 radical (unpaired) electrons. The number of thiophene rings is 1. The van der Waals surface area contributed by atoms with Crippen molar-refractivity contribution >= 4 is 44.6 Å². The first-order chi connectivity index (χ1) is 22.7. The number of aromatic nitrogens is 2. The lowest BCUT2D eigenvalue weighted by molar-refractivity contribution is 0.134. The molecule has 2 aliphatic heterocycles. The van der Waals surface area contributed by atoms with Crippen molar-refractivity contribution in [1.82, 2.24) is 14.9 Å². The third-order valence-corrected chi connectivity index (χ3v) is 10.1. The summed E-state index contributed by atoms with van der Waals surface area (Å²) in [6.45, 7) is 14.6. The Morgan fingerprint density at radius 1 is 1.11 bits per heavy atom. The Hall–Kier alpha value is -3.39. The second kappa shape index (κ2) is 17.1. The highest BCUT2D eigenvalue weighted by molar-refractivity contribution is 7.17. The Kier molecular flexibility index (Phi) is 13.3. The summed E-state index contributed by atoms with van der Waals surface area (Å²) in [5, 5.41) is 10.8. The largest absolute Gasteiger partial charge is 0.389 e. The van der Waals surface area contributed by atoms with E-state index < -0.39 is 11.6 Å². The molecule has 10 heteroatoms. The van der Waals surface area contributed by atoms with E-state index in [-0.39, 0.29) is 27.6 Å². The van der Waals surface area contributed by atoms with Gasteiger partial charge in [-0.25, -0.2) is 18.7 Å². The van der Waals surface area contributed by atoms with Crippen LogP contribution in [-0.4, -0.2) is 48.1 Å². The Bertz CT molecular complexity index is 1650. The van der Waals surface area contributed by atoms with Crippen molar-refractivity contribution in [3.63, 3.8) is 0 Å². The number of nitrogens with zero attached hydrogens (tertiary/aromatic N) is 5. The topological polar surface area (TPSA) is 91.3 Å². The third-order valence-electron chi connectivity index (χ3n) is 9.09. The number of nitriles is 1. The van der Waals surface area contributed by atoms with Crippen LogP contribution in [0.2, 0.25) is 0 Å². The number of ether oxygens (including phenoxy) is 1. The molecule has 254 valence electrons. The first-order valence-electron chi connectivity index (χ1n) is 17.1. The van der Waals surface area contributed by atoms with Gasteiger partial charge in [-0.3, -0.25) is 0 Å². The smallest absolute Gasteiger partial charge is 0.225 e. The first kappa shape index (κ1) is 36.4. The number of nitrogen functional groups attached to an aromatic ring is 1. The van der Waals surface area contributed by atoms with Gasteiger partial charge in [0, 0.05) is 35.8 Å². The highest BCUT2D eigenvalue weighted by Gasteiger charge is 2.32. The van der Waals surface area contributed by atoms with Crippen molar-refractivity contribution in [2.75, 3.05) is 43.9 Å². The highest BCUT2D eigenvalue weighted by atomic mass is 32.1. The quantitative estimate of drug-likeness (QED) is 0.193. The summed E-state index contributed by atoms with van der Waals surface area (Å²) in [5.41, 5.74) is 9.97. The number of rotatable bonds is 12. The van der Waals surface area contributed by atoms with Gasteiger partial charge in [-0.15, -0.1) is 11.3 Å². The van der Waals surface area contributed by atoms with Gasteiger partial charge in [0.15, 0.2) is 5.82 Å².